The summed E-state index contributed by atoms with van der Waals surface area (Å²) < 4.78 is 44.9. The lowest BCUT2D eigenvalue weighted by molar-refractivity contribution is 0.0956. The Morgan fingerprint density at radius 1 is 1.35 bits per heavy atom. The zero-order chi connectivity index (χ0) is 15.6. The number of sulfone groups is 1. The van der Waals surface area contributed by atoms with Crippen molar-refractivity contribution in [2.45, 2.75) is 18.1 Å². The number of hydrogen-bond donors (Lipinski definition) is 1. The van der Waals surface area contributed by atoms with E-state index in [4.69, 9.17) is 10.7 Å². The molecule has 20 heavy (non-hydrogen) atoms. The van der Waals surface area contributed by atoms with Gasteiger partial charge in [0.2, 0.25) is 0 Å². The number of carbonyl (C=O) groups excluding carboxylic acids is 1. The fraction of sp³-hybridized carbons (Fsp3) is 0.500. The summed E-state index contributed by atoms with van der Waals surface area (Å²) >= 11 is 0.856. The molecule has 0 spiro atoms. The largest absolute Gasteiger partial charge is 0.351 e. The van der Waals surface area contributed by atoms with E-state index < -0.39 is 24.8 Å². The second kappa shape index (κ2) is 6.42. The highest BCUT2D eigenvalue weighted by atomic mass is 35.7. The molecule has 1 aromatic heterocycles. The number of hydrogen-bond acceptors (Lipinski definition) is 6. The van der Waals surface area contributed by atoms with Crippen LogP contribution in [0.5, 0.6) is 0 Å². The van der Waals surface area contributed by atoms with E-state index in [9.17, 15) is 21.6 Å². The number of thiophene rings is 1. The summed E-state index contributed by atoms with van der Waals surface area (Å²) in [6.07, 6.45) is 0. The lowest BCUT2D eigenvalue weighted by atomic mass is 10.2. The van der Waals surface area contributed by atoms with E-state index in [1.807, 2.05) is 0 Å². The third kappa shape index (κ3) is 4.44. The molecule has 0 atom stereocenters. The molecule has 0 saturated heterocycles. The van der Waals surface area contributed by atoms with Crippen LogP contribution < -0.4 is 5.32 Å². The van der Waals surface area contributed by atoms with Gasteiger partial charge >= 0.3 is 0 Å². The molecule has 6 nitrogen and oxygen atoms in total. The Morgan fingerprint density at radius 2 is 1.95 bits per heavy atom. The minimum Gasteiger partial charge on any atom is -0.351 e. The third-order valence-corrected chi connectivity index (χ3v) is 7.61. The highest BCUT2D eigenvalue weighted by Crippen LogP contribution is 2.29. The van der Waals surface area contributed by atoms with E-state index in [-0.39, 0.29) is 33.4 Å². The third-order valence-electron chi connectivity index (χ3n) is 2.60. The quantitative estimate of drug-likeness (QED) is 0.768. The summed E-state index contributed by atoms with van der Waals surface area (Å²) in [5.41, 5.74) is 0.448. The molecular weight excluding hydrogens is 346 g/mol. The fourth-order valence-corrected chi connectivity index (χ4v) is 4.67. The first-order valence-electron chi connectivity index (χ1n) is 5.60. The van der Waals surface area contributed by atoms with Crippen LogP contribution in [0.3, 0.4) is 0 Å². The standard InChI is InChI=1S/C10H14ClNO5S3/c1-3-19(14,15)5-4-12-9(13)8-6-18-10(7(8)2)20(11,16)17/h6H,3-5H2,1-2H3,(H,12,13). The van der Waals surface area contributed by atoms with E-state index in [1.54, 1.807) is 0 Å². The molecule has 0 aliphatic heterocycles. The lowest BCUT2D eigenvalue weighted by Crippen LogP contribution is -2.29. The number of rotatable bonds is 6. The number of carbonyl (C=O) groups is 1. The summed E-state index contributed by atoms with van der Waals surface area (Å²) in [6, 6.07) is 0. The maximum absolute atomic E-state index is 11.8. The summed E-state index contributed by atoms with van der Waals surface area (Å²) in [5, 5.41) is 3.83. The summed E-state index contributed by atoms with van der Waals surface area (Å²) in [6.45, 7) is 2.98. The highest BCUT2D eigenvalue weighted by Gasteiger charge is 2.22. The van der Waals surface area contributed by atoms with Gasteiger partial charge in [0.15, 0.2) is 9.84 Å². The van der Waals surface area contributed by atoms with Gasteiger partial charge < -0.3 is 5.32 Å². The second-order valence-electron chi connectivity index (χ2n) is 3.99. The van der Waals surface area contributed by atoms with E-state index >= 15 is 0 Å². The maximum atomic E-state index is 11.8. The fourth-order valence-electron chi connectivity index (χ4n) is 1.42. The molecule has 0 aliphatic carbocycles. The molecule has 0 bridgehead atoms. The molecule has 0 unspecified atom stereocenters. The van der Waals surface area contributed by atoms with Crippen molar-refractivity contribution in [2.75, 3.05) is 18.1 Å². The molecule has 0 radical (unpaired) electrons. The van der Waals surface area contributed by atoms with Gasteiger partial charge in [0.25, 0.3) is 15.0 Å². The van der Waals surface area contributed by atoms with E-state index in [0.29, 0.717) is 0 Å². The van der Waals surface area contributed by atoms with Crippen molar-refractivity contribution in [2.24, 2.45) is 0 Å². The average molecular weight is 360 g/mol. The van der Waals surface area contributed by atoms with Crippen molar-refractivity contribution in [3.05, 3.63) is 16.5 Å². The number of halogens is 1. The minimum atomic E-state index is -3.88. The summed E-state index contributed by atoms with van der Waals surface area (Å²) in [5.74, 6) is -0.662. The molecule has 0 aliphatic rings. The Hall–Kier alpha value is -0.640. The van der Waals surface area contributed by atoms with Gasteiger partial charge in [0.1, 0.15) is 4.21 Å². The molecule has 1 heterocycles. The van der Waals surface area contributed by atoms with Crippen LogP contribution in [0.2, 0.25) is 0 Å². The summed E-state index contributed by atoms with van der Waals surface area (Å²) in [4.78, 5) is 11.8. The van der Waals surface area contributed by atoms with E-state index in [0.717, 1.165) is 11.3 Å². The number of amides is 1. The molecule has 0 aromatic carbocycles. The zero-order valence-corrected chi connectivity index (χ0v) is 14.0. The molecule has 1 rings (SSSR count). The zero-order valence-electron chi connectivity index (χ0n) is 10.8. The first kappa shape index (κ1) is 17.4. The van der Waals surface area contributed by atoms with E-state index in [1.165, 1.54) is 19.2 Å². The predicted molar refractivity (Wildman–Crippen MR) is 78.8 cm³/mol. The Kier molecular flexibility index (Phi) is 5.59. The molecule has 1 amide bonds. The van der Waals surface area contributed by atoms with Crippen LogP contribution in [0.15, 0.2) is 9.59 Å². The first-order chi connectivity index (χ1) is 9.08. The van der Waals surface area contributed by atoms with Crippen LogP contribution in [-0.2, 0) is 18.9 Å². The van der Waals surface area contributed by atoms with Gasteiger partial charge in [-0.15, -0.1) is 11.3 Å². The smallest absolute Gasteiger partial charge is 0.271 e. The monoisotopic (exact) mass is 359 g/mol. The van der Waals surface area contributed by atoms with E-state index in [2.05, 4.69) is 5.32 Å². The average Bonchev–Trinajstić information content (AvgIpc) is 2.70. The SMILES string of the molecule is CCS(=O)(=O)CCNC(=O)c1csc(S(=O)(=O)Cl)c1C. The molecule has 114 valence electrons. The van der Waals surface area contributed by atoms with Gasteiger partial charge in [0, 0.05) is 28.4 Å². The van der Waals surface area contributed by atoms with Gasteiger partial charge in [-0.05, 0) is 12.5 Å². The van der Waals surface area contributed by atoms with Crippen molar-refractivity contribution in [3.8, 4) is 0 Å². The molecule has 0 fully saturated rings. The van der Waals surface area contributed by atoms with Crippen LogP contribution in [0.4, 0.5) is 0 Å². The van der Waals surface area contributed by atoms with Crippen LogP contribution in [0.1, 0.15) is 22.8 Å². The summed E-state index contributed by atoms with van der Waals surface area (Å²) in [7, 11) is -1.80. The van der Waals surface area contributed by atoms with Crippen molar-refractivity contribution < 1.29 is 21.6 Å². The van der Waals surface area contributed by atoms with Crippen LogP contribution in [0, 0.1) is 6.92 Å². The van der Waals surface area contributed by atoms with Gasteiger partial charge in [0.05, 0.1) is 11.3 Å². The Balaban J connectivity index is 2.78. The van der Waals surface area contributed by atoms with Gasteiger partial charge in [-0.2, -0.15) is 0 Å². The Bertz CT molecular complexity index is 705. The topological polar surface area (TPSA) is 97.4 Å². The maximum Gasteiger partial charge on any atom is 0.271 e. The molecule has 1 N–H and O–H groups in total. The molecule has 1 aromatic rings. The number of nitrogens with one attached hydrogen (secondary N) is 1. The molecule has 0 saturated carbocycles. The Morgan fingerprint density at radius 3 is 2.40 bits per heavy atom. The highest BCUT2D eigenvalue weighted by molar-refractivity contribution is 8.15. The Labute approximate surface area is 126 Å². The van der Waals surface area contributed by atoms with Crippen LogP contribution >= 0.6 is 22.0 Å². The molecular formula is C10H14ClNO5S3. The molecule has 10 heteroatoms. The van der Waals surface area contributed by atoms with Crippen LogP contribution in [0.25, 0.3) is 0 Å². The van der Waals surface area contributed by atoms with Gasteiger partial charge in [-0.1, -0.05) is 6.92 Å². The van der Waals surface area contributed by atoms with Gasteiger partial charge in [-0.3, -0.25) is 4.79 Å². The van der Waals surface area contributed by atoms with Crippen molar-refractivity contribution in [1.82, 2.24) is 5.32 Å². The lowest BCUT2D eigenvalue weighted by Gasteiger charge is -2.05. The first-order valence-corrected chi connectivity index (χ1v) is 10.6. The van der Waals surface area contributed by atoms with Crippen molar-refractivity contribution >= 4 is 46.8 Å². The minimum absolute atomic E-state index is 0.00892. The van der Waals surface area contributed by atoms with Gasteiger partial charge in [-0.25, -0.2) is 16.8 Å². The second-order valence-corrected chi connectivity index (χ2v) is 10.1. The van der Waals surface area contributed by atoms with Crippen molar-refractivity contribution in [3.63, 3.8) is 0 Å². The van der Waals surface area contributed by atoms with Crippen LogP contribution in [-0.4, -0.2) is 40.8 Å². The normalized spacial score (nSPS) is 12.3. The predicted octanol–water partition coefficient (Wildman–Crippen LogP) is 1.15. The van der Waals surface area contributed by atoms with Crippen molar-refractivity contribution in [1.29, 1.82) is 0 Å².